The van der Waals surface area contributed by atoms with Crippen molar-refractivity contribution in [1.29, 1.82) is 0 Å². The minimum absolute atomic E-state index is 0.212. The van der Waals surface area contributed by atoms with Crippen LogP contribution in [0.15, 0.2) is 16.9 Å². The second-order valence-electron chi connectivity index (χ2n) is 1.74. The zero-order valence-electron chi connectivity index (χ0n) is 5.19. The summed E-state index contributed by atoms with van der Waals surface area (Å²) >= 11 is 1.48. The van der Waals surface area contributed by atoms with Gasteiger partial charge in [-0.3, -0.25) is 4.98 Å². The van der Waals surface area contributed by atoms with E-state index in [-0.39, 0.29) is 5.84 Å². The minimum atomic E-state index is 0.212. The van der Waals surface area contributed by atoms with E-state index in [1.165, 1.54) is 11.3 Å². The molecule has 1 aromatic heterocycles. The molecule has 0 saturated heterocycles. The molecule has 0 atom stereocenters. The summed E-state index contributed by atoms with van der Waals surface area (Å²) in [5.41, 5.74) is 6.95. The summed E-state index contributed by atoms with van der Waals surface area (Å²) in [6, 6.07) is 0. The van der Waals surface area contributed by atoms with Crippen LogP contribution in [-0.2, 0) is 6.42 Å². The number of amidine groups is 1. The van der Waals surface area contributed by atoms with Gasteiger partial charge in [0.05, 0.1) is 5.51 Å². The molecule has 0 aliphatic rings. The Hall–Kier alpha value is -1.10. The zero-order chi connectivity index (χ0) is 7.40. The van der Waals surface area contributed by atoms with Gasteiger partial charge in [-0.25, -0.2) is 0 Å². The highest BCUT2D eigenvalue weighted by Crippen LogP contribution is 2.05. The lowest BCUT2D eigenvalue weighted by Gasteiger charge is -1.90. The van der Waals surface area contributed by atoms with Crippen molar-refractivity contribution < 1.29 is 5.21 Å². The first-order valence-corrected chi connectivity index (χ1v) is 3.54. The Kier molecular flexibility index (Phi) is 2.22. The number of hydrogen-bond acceptors (Lipinski definition) is 4. The van der Waals surface area contributed by atoms with Crippen LogP contribution in [-0.4, -0.2) is 16.0 Å². The molecule has 54 valence electrons. The second-order valence-corrected chi connectivity index (χ2v) is 2.71. The molecule has 0 bridgehead atoms. The molecule has 1 rings (SSSR count). The fourth-order valence-corrected chi connectivity index (χ4v) is 1.15. The first kappa shape index (κ1) is 7.01. The second kappa shape index (κ2) is 3.17. The smallest absolute Gasteiger partial charge is 0.144 e. The van der Waals surface area contributed by atoms with E-state index in [4.69, 9.17) is 10.9 Å². The van der Waals surface area contributed by atoms with Gasteiger partial charge in [0.2, 0.25) is 0 Å². The van der Waals surface area contributed by atoms with Gasteiger partial charge in [0.15, 0.2) is 0 Å². The first-order chi connectivity index (χ1) is 4.83. The third-order valence-electron chi connectivity index (χ3n) is 0.967. The molecule has 5 heteroatoms. The van der Waals surface area contributed by atoms with Gasteiger partial charge < -0.3 is 10.9 Å². The maximum Gasteiger partial charge on any atom is 0.144 e. The number of nitrogens with two attached hydrogens (primary N) is 1. The van der Waals surface area contributed by atoms with E-state index < -0.39 is 0 Å². The molecular weight excluding hydrogens is 150 g/mol. The van der Waals surface area contributed by atoms with E-state index in [0.29, 0.717) is 6.42 Å². The van der Waals surface area contributed by atoms with Crippen molar-refractivity contribution in [3.8, 4) is 0 Å². The van der Waals surface area contributed by atoms with Crippen LogP contribution < -0.4 is 5.73 Å². The summed E-state index contributed by atoms with van der Waals surface area (Å²) in [6.07, 6.45) is 2.17. The van der Waals surface area contributed by atoms with Crippen molar-refractivity contribution in [2.75, 3.05) is 0 Å². The molecule has 0 radical (unpaired) electrons. The van der Waals surface area contributed by atoms with Gasteiger partial charge in [0.1, 0.15) is 5.84 Å². The van der Waals surface area contributed by atoms with E-state index in [0.717, 1.165) is 4.88 Å². The molecule has 0 aliphatic heterocycles. The molecule has 10 heavy (non-hydrogen) atoms. The monoisotopic (exact) mass is 157 g/mol. The molecule has 0 spiro atoms. The molecule has 1 aromatic rings. The highest BCUT2D eigenvalue weighted by molar-refractivity contribution is 7.09. The topological polar surface area (TPSA) is 71.5 Å². The Labute approximate surface area is 62.0 Å². The molecule has 0 fully saturated rings. The first-order valence-electron chi connectivity index (χ1n) is 2.66. The van der Waals surface area contributed by atoms with Crippen LogP contribution in [0.3, 0.4) is 0 Å². The van der Waals surface area contributed by atoms with Crippen LogP contribution in [0.25, 0.3) is 0 Å². The fraction of sp³-hybridized carbons (Fsp3) is 0.200. The summed E-state index contributed by atoms with van der Waals surface area (Å²) in [5.74, 6) is 0.212. The highest BCUT2D eigenvalue weighted by atomic mass is 32.1. The Bertz CT molecular complexity index is 219. The van der Waals surface area contributed by atoms with Crippen molar-refractivity contribution in [2.45, 2.75) is 6.42 Å². The lowest BCUT2D eigenvalue weighted by Crippen LogP contribution is -2.13. The summed E-state index contributed by atoms with van der Waals surface area (Å²) in [4.78, 5) is 4.83. The Morgan fingerprint density at radius 1 is 1.90 bits per heavy atom. The third kappa shape index (κ3) is 1.70. The van der Waals surface area contributed by atoms with Gasteiger partial charge in [0, 0.05) is 17.5 Å². The third-order valence-corrected chi connectivity index (χ3v) is 1.75. The molecule has 0 saturated carbocycles. The van der Waals surface area contributed by atoms with Crippen molar-refractivity contribution in [1.82, 2.24) is 4.98 Å². The van der Waals surface area contributed by atoms with Gasteiger partial charge in [-0.2, -0.15) is 0 Å². The van der Waals surface area contributed by atoms with Crippen molar-refractivity contribution in [3.63, 3.8) is 0 Å². The number of aromatic nitrogens is 1. The van der Waals surface area contributed by atoms with Gasteiger partial charge in [0.25, 0.3) is 0 Å². The number of nitrogens with zero attached hydrogens (tertiary/aromatic N) is 2. The Morgan fingerprint density at radius 2 is 2.70 bits per heavy atom. The predicted octanol–water partition coefficient (Wildman–Crippen LogP) is 0.432. The van der Waals surface area contributed by atoms with Crippen molar-refractivity contribution in [3.05, 3.63) is 16.6 Å². The fourth-order valence-electron chi connectivity index (χ4n) is 0.543. The minimum Gasteiger partial charge on any atom is -0.409 e. The normalized spacial score (nSPS) is 11.8. The highest BCUT2D eigenvalue weighted by Gasteiger charge is 1.96. The summed E-state index contributed by atoms with van der Waals surface area (Å²) in [6.45, 7) is 0. The number of thiazole rings is 1. The van der Waals surface area contributed by atoms with Gasteiger partial charge in [-0.1, -0.05) is 5.16 Å². The van der Waals surface area contributed by atoms with E-state index >= 15 is 0 Å². The SMILES string of the molecule is N/C(Cc1cncs1)=N\O. The molecule has 4 nitrogen and oxygen atoms in total. The van der Waals surface area contributed by atoms with E-state index in [1.807, 2.05) is 0 Å². The lowest BCUT2D eigenvalue weighted by molar-refractivity contribution is 0.317. The number of rotatable bonds is 2. The van der Waals surface area contributed by atoms with E-state index in [1.54, 1.807) is 11.7 Å². The van der Waals surface area contributed by atoms with Crippen molar-refractivity contribution in [2.24, 2.45) is 10.9 Å². The Balaban J connectivity index is 2.56. The molecular formula is C5H7N3OS. The average Bonchev–Trinajstić information content (AvgIpc) is 2.40. The zero-order valence-corrected chi connectivity index (χ0v) is 6.01. The summed E-state index contributed by atoms with van der Waals surface area (Å²) in [5, 5.41) is 11.0. The van der Waals surface area contributed by atoms with Crippen LogP contribution >= 0.6 is 11.3 Å². The van der Waals surface area contributed by atoms with Crippen molar-refractivity contribution >= 4 is 17.2 Å². The molecule has 0 amide bonds. The lowest BCUT2D eigenvalue weighted by atomic mass is 10.4. The van der Waals surface area contributed by atoms with E-state index in [2.05, 4.69) is 10.1 Å². The molecule has 0 aromatic carbocycles. The maximum atomic E-state index is 8.18. The molecule has 1 heterocycles. The van der Waals surface area contributed by atoms with Crippen LogP contribution in [0.4, 0.5) is 0 Å². The Morgan fingerprint density at radius 3 is 3.20 bits per heavy atom. The summed E-state index contributed by atoms with van der Waals surface area (Å²) in [7, 11) is 0. The van der Waals surface area contributed by atoms with Crippen LogP contribution in [0, 0.1) is 0 Å². The quantitative estimate of drug-likeness (QED) is 0.283. The van der Waals surface area contributed by atoms with Gasteiger partial charge >= 0.3 is 0 Å². The van der Waals surface area contributed by atoms with E-state index in [9.17, 15) is 0 Å². The average molecular weight is 157 g/mol. The maximum absolute atomic E-state index is 8.18. The van der Waals surface area contributed by atoms with Crippen LogP contribution in [0.5, 0.6) is 0 Å². The van der Waals surface area contributed by atoms with Gasteiger partial charge in [-0.15, -0.1) is 11.3 Å². The number of oxime groups is 1. The van der Waals surface area contributed by atoms with Crippen LogP contribution in [0.1, 0.15) is 4.88 Å². The van der Waals surface area contributed by atoms with Crippen LogP contribution in [0.2, 0.25) is 0 Å². The standard InChI is InChI=1S/C5H7N3OS/c6-5(8-9)1-4-2-7-3-10-4/h2-3,9H,1H2,(H2,6,8). The molecule has 0 unspecified atom stereocenters. The van der Waals surface area contributed by atoms with Gasteiger partial charge in [-0.05, 0) is 0 Å². The summed E-state index contributed by atoms with van der Waals surface area (Å²) < 4.78 is 0. The molecule has 3 N–H and O–H groups in total. The number of hydrogen-bond donors (Lipinski definition) is 2. The predicted molar refractivity (Wildman–Crippen MR) is 39.2 cm³/mol. The largest absolute Gasteiger partial charge is 0.409 e. The molecule has 0 aliphatic carbocycles.